The summed E-state index contributed by atoms with van der Waals surface area (Å²) in [6.07, 6.45) is 1.03. The summed E-state index contributed by atoms with van der Waals surface area (Å²) in [4.78, 5) is 12.2. The van der Waals surface area contributed by atoms with Crippen LogP contribution >= 0.6 is 11.3 Å². The van der Waals surface area contributed by atoms with E-state index in [1.54, 1.807) is 0 Å². The van der Waals surface area contributed by atoms with Crippen LogP contribution in [0.25, 0.3) is 0 Å². The number of carbonyl (C=O) groups is 1. The van der Waals surface area contributed by atoms with Crippen molar-refractivity contribution in [3.8, 4) is 0 Å². The number of aromatic nitrogens is 2. The van der Waals surface area contributed by atoms with E-state index in [0.717, 1.165) is 35.6 Å². The third-order valence-corrected chi connectivity index (χ3v) is 7.63. The van der Waals surface area contributed by atoms with Gasteiger partial charge in [-0.2, -0.15) is 4.31 Å². The van der Waals surface area contributed by atoms with E-state index in [1.807, 2.05) is 0 Å². The average molecular weight is 468 g/mol. The SMILES string of the molecule is O=C(Nc1ccc(F)c(F)c1)c1nnc([C@H]2CCCN2S(=O)(=O)c2cccc(F)c2)s1. The number of benzene rings is 2. The van der Waals surface area contributed by atoms with Crippen LogP contribution in [0.4, 0.5) is 18.9 Å². The highest BCUT2D eigenvalue weighted by Crippen LogP contribution is 2.37. The molecule has 4 rings (SSSR count). The number of carbonyl (C=O) groups excluding carboxylic acids is 1. The Morgan fingerprint density at radius 1 is 1.10 bits per heavy atom. The predicted octanol–water partition coefficient (Wildman–Crippen LogP) is 3.73. The van der Waals surface area contributed by atoms with Crippen LogP contribution in [0.5, 0.6) is 0 Å². The smallest absolute Gasteiger partial charge is 0.286 e. The van der Waals surface area contributed by atoms with Crippen LogP contribution in [-0.4, -0.2) is 35.4 Å². The second-order valence-electron chi connectivity index (χ2n) is 6.76. The van der Waals surface area contributed by atoms with Gasteiger partial charge in [-0.3, -0.25) is 4.79 Å². The molecule has 1 saturated heterocycles. The normalized spacial score (nSPS) is 17.1. The number of sulfonamides is 1. The lowest BCUT2D eigenvalue weighted by Gasteiger charge is -2.22. The van der Waals surface area contributed by atoms with Crippen molar-refractivity contribution >= 4 is 33.0 Å². The standard InChI is InChI=1S/C19H15F3N4O3S2/c20-11-3-1-4-13(9-11)31(28,29)26-8-2-5-16(26)18-24-25-19(30-18)17(27)23-12-6-7-14(21)15(22)10-12/h1,3-4,6-7,9-10,16H,2,5,8H2,(H,23,27)/t16-/m1/s1. The molecule has 162 valence electrons. The van der Waals surface area contributed by atoms with Gasteiger partial charge in [-0.1, -0.05) is 17.4 Å². The highest BCUT2D eigenvalue weighted by atomic mass is 32.2. The zero-order valence-electron chi connectivity index (χ0n) is 15.8. The molecule has 1 fully saturated rings. The molecule has 1 N–H and O–H groups in total. The third-order valence-electron chi connectivity index (χ3n) is 4.70. The summed E-state index contributed by atoms with van der Waals surface area (Å²) in [6.45, 7) is 0.222. The van der Waals surface area contributed by atoms with Crippen molar-refractivity contribution < 1.29 is 26.4 Å². The molecule has 0 radical (unpaired) electrons. The molecule has 0 saturated carbocycles. The fourth-order valence-electron chi connectivity index (χ4n) is 3.26. The zero-order chi connectivity index (χ0) is 22.2. The zero-order valence-corrected chi connectivity index (χ0v) is 17.4. The molecule has 1 aromatic heterocycles. The minimum atomic E-state index is -3.97. The van der Waals surface area contributed by atoms with Crippen molar-refractivity contribution in [3.05, 3.63) is 69.9 Å². The third kappa shape index (κ3) is 4.31. The molecular weight excluding hydrogens is 453 g/mol. The van der Waals surface area contributed by atoms with Crippen LogP contribution in [0.15, 0.2) is 47.4 Å². The maximum absolute atomic E-state index is 13.5. The minimum Gasteiger partial charge on any atom is -0.320 e. The number of nitrogens with one attached hydrogen (secondary N) is 1. The molecule has 0 aliphatic carbocycles. The molecule has 0 spiro atoms. The van der Waals surface area contributed by atoms with Gasteiger partial charge in [0.2, 0.25) is 15.0 Å². The number of nitrogens with zero attached hydrogens (tertiary/aromatic N) is 3. The number of amides is 1. The van der Waals surface area contributed by atoms with Gasteiger partial charge in [0.25, 0.3) is 5.91 Å². The molecule has 2 aromatic carbocycles. The van der Waals surface area contributed by atoms with Crippen molar-refractivity contribution in [2.24, 2.45) is 0 Å². The lowest BCUT2D eigenvalue weighted by Crippen LogP contribution is -2.30. The van der Waals surface area contributed by atoms with Crippen molar-refractivity contribution in [2.75, 3.05) is 11.9 Å². The first-order valence-electron chi connectivity index (χ1n) is 9.13. The van der Waals surface area contributed by atoms with Crippen LogP contribution in [0, 0.1) is 17.5 Å². The van der Waals surface area contributed by atoms with Crippen LogP contribution < -0.4 is 5.32 Å². The molecule has 1 aliphatic heterocycles. The van der Waals surface area contributed by atoms with E-state index >= 15 is 0 Å². The Bertz CT molecular complexity index is 1250. The van der Waals surface area contributed by atoms with Gasteiger partial charge in [-0.25, -0.2) is 21.6 Å². The monoisotopic (exact) mass is 468 g/mol. The molecule has 0 unspecified atom stereocenters. The Hall–Kier alpha value is -2.83. The van der Waals surface area contributed by atoms with Gasteiger partial charge < -0.3 is 5.32 Å². The van der Waals surface area contributed by atoms with Crippen molar-refractivity contribution in [1.82, 2.24) is 14.5 Å². The first kappa shape index (κ1) is 21.4. The van der Waals surface area contributed by atoms with Crippen LogP contribution in [0.1, 0.15) is 33.7 Å². The largest absolute Gasteiger partial charge is 0.320 e. The van der Waals surface area contributed by atoms with Gasteiger partial charge in [0.15, 0.2) is 11.6 Å². The number of rotatable bonds is 5. The summed E-state index contributed by atoms with van der Waals surface area (Å²) >= 11 is 0.901. The summed E-state index contributed by atoms with van der Waals surface area (Å²) in [5, 5.41) is 10.4. The summed E-state index contributed by atoms with van der Waals surface area (Å²) in [7, 11) is -3.97. The van der Waals surface area contributed by atoms with E-state index in [2.05, 4.69) is 15.5 Å². The van der Waals surface area contributed by atoms with Crippen molar-refractivity contribution in [3.63, 3.8) is 0 Å². The van der Waals surface area contributed by atoms with E-state index in [1.165, 1.54) is 22.5 Å². The quantitative estimate of drug-likeness (QED) is 0.616. The average Bonchev–Trinajstić information content (AvgIpc) is 3.40. The summed E-state index contributed by atoms with van der Waals surface area (Å²) < 4.78 is 67.1. The molecule has 1 amide bonds. The molecule has 1 aliphatic rings. The second-order valence-corrected chi connectivity index (χ2v) is 9.66. The molecule has 12 heteroatoms. The van der Waals surface area contributed by atoms with Gasteiger partial charge in [0, 0.05) is 18.3 Å². The summed E-state index contributed by atoms with van der Waals surface area (Å²) in [5.41, 5.74) is 0.0387. The predicted molar refractivity (Wildman–Crippen MR) is 106 cm³/mol. The number of anilines is 1. The lowest BCUT2D eigenvalue weighted by molar-refractivity contribution is 0.102. The molecule has 2 heterocycles. The maximum Gasteiger partial charge on any atom is 0.286 e. The van der Waals surface area contributed by atoms with Crippen molar-refractivity contribution in [1.29, 1.82) is 0 Å². The van der Waals surface area contributed by atoms with Crippen molar-refractivity contribution in [2.45, 2.75) is 23.8 Å². The first-order valence-corrected chi connectivity index (χ1v) is 11.4. The molecular formula is C19H15F3N4O3S2. The van der Waals surface area contributed by atoms with Gasteiger partial charge in [-0.05, 0) is 43.2 Å². The number of halogens is 3. The van der Waals surface area contributed by atoms with Crippen LogP contribution in [0.3, 0.4) is 0 Å². The van der Waals surface area contributed by atoms with E-state index < -0.39 is 39.4 Å². The second kappa shape index (κ2) is 8.36. The van der Waals surface area contributed by atoms with E-state index in [0.29, 0.717) is 17.8 Å². The maximum atomic E-state index is 13.5. The fourth-order valence-corrected chi connectivity index (χ4v) is 5.90. The number of hydrogen-bond donors (Lipinski definition) is 1. The topological polar surface area (TPSA) is 92.3 Å². The Labute approximate surface area is 179 Å². The fraction of sp³-hybridized carbons (Fsp3) is 0.211. The van der Waals surface area contributed by atoms with Crippen LogP contribution in [0.2, 0.25) is 0 Å². The summed E-state index contributed by atoms with van der Waals surface area (Å²) in [6, 6.07) is 7.00. The minimum absolute atomic E-state index is 0.0387. The Kier molecular flexibility index (Phi) is 5.77. The lowest BCUT2D eigenvalue weighted by atomic mass is 10.2. The summed E-state index contributed by atoms with van der Waals surface area (Å²) in [5.74, 6) is -3.51. The molecule has 3 aromatic rings. The first-order chi connectivity index (χ1) is 14.8. The van der Waals surface area contributed by atoms with Gasteiger partial charge in [0.1, 0.15) is 10.8 Å². The molecule has 0 bridgehead atoms. The highest BCUT2D eigenvalue weighted by molar-refractivity contribution is 7.89. The van der Waals surface area contributed by atoms with Gasteiger partial charge >= 0.3 is 0 Å². The van der Waals surface area contributed by atoms with Crippen LogP contribution in [-0.2, 0) is 10.0 Å². The number of hydrogen-bond acceptors (Lipinski definition) is 6. The Morgan fingerprint density at radius 3 is 2.65 bits per heavy atom. The van der Waals surface area contributed by atoms with E-state index in [4.69, 9.17) is 0 Å². The highest BCUT2D eigenvalue weighted by Gasteiger charge is 2.38. The van der Waals surface area contributed by atoms with E-state index in [9.17, 15) is 26.4 Å². The Balaban J connectivity index is 1.55. The van der Waals surface area contributed by atoms with Gasteiger partial charge in [-0.15, -0.1) is 10.2 Å². The Morgan fingerprint density at radius 2 is 1.90 bits per heavy atom. The molecule has 7 nitrogen and oxygen atoms in total. The molecule has 31 heavy (non-hydrogen) atoms. The van der Waals surface area contributed by atoms with Gasteiger partial charge in [0.05, 0.1) is 10.9 Å². The molecule has 1 atom stereocenters. The van der Waals surface area contributed by atoms with E-state index in [-0.39, 0.29) is 22.1 Å².